The Labute approximate surface area is 114 Å². The maximum absolute atomic E-state index is 13.5. The van der Waals surface area contributed by atoms with Crippen molar-refractivity contribution in [2.24, 2.45) is 0 Å². The molecule has 1 fully saturated rings. The van der Waals surface area contributed by atoms with E-state index in [1.807, 2.05) is 6.07 Å². The van der Waals surface area contributed by atoms with Gasteiger partial charge in [-0.05, 0) is 6.07 Å². The summed E-state index contributed by atoms with van der Waals surface area (Å²) in [6.07, 6.45) is -2.78. The summed E-state index contributed by atoms with van der Waals surface area (Å²) in [6.45, 7) is 2.00. The molecule has 2 heterocycles. The third-order valence-electron chi connectivity index (χ3n) is 3.74. The molecule has 6 heteroatoms. The number of nitrogens with zero attached hydrogens (tertiary/aromatic N) is 1. The van der Waals surface area contributed by atoms with Crippen LogP contribution in [0.4, 0.5) is 13.2 Å². The van der Waals surface area contributed by atoms with Gasteiger partial charge in [-0.15, -0.1) is 0 Å². The standard InChI is InChI=1S/C14H16F3N3/c15-14(16,17)13(20-7-5-18-6-8-20)11-9-19-12-4-2-1-3-10(11)12/h1-4,9,13,18-19H,5-8H2/t13-/m0/s1. The molecule has 0 saturated carbocycles. The van der Waals surface area contributed by atoms with Crippen molar-refractivity contribution in [2.45, 2.75) is 12.2 Å². The number of hydrogen-bond acceptors (Lipinski definition) is 2. The summed E-state index contributed by atoms with van der Waals surface area (Å²) in [5, 5.41) is 3.73. The van der Waals surface area contributed by atoms with E-state index in [0.717, 1.165) is 5.52 Å². The summed E-state index contributed by atoms with van der Waals surface area (Å²) < 4.78 is 40.6. The van der Waals surface area contributed by atoms with Crippen LogP contribution in [0.25, 0.3) is 10.9 Å². The van der Waals surface area contributed by atoms with Crippen molar-refractivity contribution >= 4 is 10.9 Å². The van der Waals surface area contributed by atoms with E-state index in [1.165, 1.54) is 11.1 Å². The lowest BCUT2D eigenvalue weighted by atomic mass is 10.0. The fourth-order valence-corrected chi connectivity index (χ4v) is 2.84. The van der Waals surface area contributed by atoms with Crippen LogP contribution in [0.1, 0.15) is 11.6 Å². The largest absolute Gasteiger partial charge is 0.408 e. The Morgan fingerprint density at radius 3 is 2.50 bits per heavy atom. The lowest BCUT2D eigenvalue weighted by molar-refractivity contribution is -0.187. The molecule has 0 unspecified atom stereocenters. The van der Waals surface area contributed by atoms with Crippen molar-refractivity contribution < 1.29 is 13.2 Å². The maximum Gasteiger partial charge on any atom is 0.408 e. The van der Waals surface area contributed by atoms with Crippen LogP contribution >= 0.6 is 0 Å². The Hall–Kier alpha value is -1.53. The molecule has 1 atom stereocenters. The van der Waals surface area contributed by atoms with Gasteiger partial charge in [0.2, 0.25) is 0 Å². The number of hydrogen-bond donors (Lipinski definition) is 2. The van der Waals surface area contributed by atoms with Gasteiger partial charge in [-0.25, -0.2) is 0 Å². The summed E-state index contributed by atoms with van der Waals surface area (Å²) in [7, 11) is 0. The van der Waals surface area contributed by atoms with Gasteiger partial charge in [-0.2, -0.15) is 13.2 Å². The predicted octanol–water partition coefficient (Wildman–Crippen LogP) is 2.68. The maximum atomic E-state index is 13.5. The minimum atomic E-state index is -4.28. The number of fused-ring (bicyclic) bond motifs is 1. The highest BCUT2D eigenvalue weighted by Crippen LogP contribution is 2.40. The first kappa shape index (κ1) is 13.5. The highest BCUT2D eigenvalue weighted by Gasteiger charge is 2.45. The van der Waals surface area contributed by atoms with E-state index in [4.69, 9.17) is 0 Å². The number of halogens is 3. The lowest BCUT2D eigenvalue weighted by Crippen LogP contribution is -2.49. The average Bonchev–Trinajstić information content (AvgIpc) is 2.83. The van der Waals surface area contributed by atoms with Crippen LogP contribution in [-0.2, 0) is 0 Å². The topological polar surface area (TPSA) is 31.1 Å². The van der Waals surface area contributed by atoms with Crippen LogP contribution < -0.4 is 5.32 Å². The van der Waals surface area contributed by atoms with E-state index in [2.05, 4.69) is 10.3 Å². The number of rotatable bonds is 2. The van der Waals surface area contributed by atoms with E-state index in [9.17, 15) is 13.2 Å². The van der Waals surface area contributed by atoms with Crippen LogP contribution in [0.3, 0.4) is 0 Å². The summed E-state index contributed by atoms with van der Waals surface area (Å²) in [5.41, 5.74) is 1.06. The number of piperazine rings is 1. The molecule has 0 bridgehead atoms. The SMILES string of the molecule is FC(F)(F)[C@H](c1c[nH]c2ccccc12)N1CCNCC1. The van der Waals surface area contributed by atoms with Crippen molar-refractivity contribution in [3.05, 3.63) is 36.0 Å². The number of H-pyrrole nitrogens is 1. The smallest absolute Gasteiger partial charge is 0.361 e. The molecule has 0 spiro atoms. The zero-order valence-corrected chi connectivity index (χ0v) is 10.9. The highest BCUT2D eigenvalue weighted by molar-refractivity contribution is 5.83. The summed E-state index contributed by atoms with van der Waals surface area (Å²) in [4.78, 5) is 4.44. The van der Waals surface area contributed by atoms with Crippen molar-refractivity contribution in [3.63, 3.8) is 0 Å². The van der Waals surface area contributed by atoms with Gasteiger partial charge in [0.15, 0.2) is 0 Å². The molecule has 1 saturated heterocycles. The third kappa shape index (κ3) is 2.41. The molecule has 1 aliphatic rings. The van der Waals surface area contributed by atoms with Crippen LogP contribution in [-0.4, -0.2) is 42.2 Å². The van der Waals surface area contributed by atoms with E-state index < -0.39 is 12.2 Å². The Balaban J connectivity index is 2.04. The second kappa shape index (κ2) is 5.10. The first-order chi connectivity index (χ1) is 9.57. The Kier molecular flexibility index (Phi) is 3.43. The van der Waals surface area contributed by atoms with Crippen LogP contribution in [0.2, 0.25) is 0 Å². The van der Waals surface area contributed by atoms with E-state index in [-0.39, 0.29) is 0 Å². The first-order valence-corrected chi connectivity index (χ1v) is 6.65. The van der Waals surface area contributed by atoms with Crippen LogP contribution in [0.15, 0.2) is 30.5 Å². The van der Waals surface area contributed by atoms with Gasteiger partial charge < -0.3 is 10.3 Å². The fraction of sp³-hybridized carbons (Fsp3) is 0.429. The number of para-hydroxylation sites is 1. The van der Waals surface area contributed by atoms with Gasteiger partial charge >= 0.3 is 6.18 Å². The van der Waals surface area contributed by atoms with Gasteiger partial charge in [0.1, 0.15) is 6.04 Å². The molecule has 20 heavy (non-hydrogen) atoms. The number of aromatic nitrogens is 1. The Bertz CT molecular complexity index is 585. The molecule has 0 aliphatic carbocycles. The summed E-state index contributed by atoms with van der Waals surface area (Å²) in [5.74, 6) is 0. The molecule has 108 valence electrons. The van der Waals surface area contributed by atoms with Crippen LogP contribution in [0, 0.1) is 0 Å². The molecule has 3 rings (SSSR count). The minimum absolute atomic E-state index is 0.315. The highest BCUT2D eigenvalue weighted by atomic mass is 19.4. The molecule has 0 amide bonds. The molecular formula is C14H16F3N3. The zero-order chi connectivity index (χ0) is 14.2. The molecular weight excluding hydrogens is 267 g/mol. The van der Waals surface area contributed by atoms with Gasteiger partial charge in [0.25, 0.3) is 0 Å². The van der Waals surface area contributed by atoms with Gasteiger partial charge in [-0.1, -0.05) is 18.2 Å². The normalized spacial score (nSPS) is 19.4. The quantitative estimate of drug-likeness (QED) is 0.888. The minimum Gasteiger partial charge on any atom is -0.361 e. The van der Waals surface area contributed by atoms with Crippen molar-refractivity contribution in [1.29, 1.82) is 0 Å². The number of alkyl halides is 3. The average molecular weight is 283 g/mol. The van der Waals surface area contributed by atoms with E-state index >= 15 is 0 Å². The molecule has 3 nitrogen and oxygen atoms in total. The monoisotopic (exact) mass is 283 g/mol. The summed E-state index contributed by atoms with van der Waals surface area (Å²) in [6, 6.07) is 5.58. The molecule has 1 aromatic heterocycles. The number of nitrogens with one attached hydrogen (secondary N) is 2. The zero-order valence-electron chi connectivity index (χ0n) is 10.9. The first-order valence-electron chi connectivity index (χ1n) is 6.65. The van der Waals surface area contributed by atoms with Crippen LogP contribution in [0.5, 0.6) is 0 Å². The van der Waals surface area contributed by atoms with Gasteiger partial charge in [0, 0.05) is 48.8 Å². The van der Waals surface area contributed by atoms with Crippen molar-refractivity contribution in [1.82, 2.24) is 15.2 Å². The molecule has 1 aliphatic heterocycles. The van der Waals surface area contributed by atoms with Gasteiger partial charge in [-0.3, -0.25) is 4.90 Å². The second-order valence-corrected chi connectivity index (χ2v) is 5.02. The number of benzene rings is 1. The van der Waals surface area contributed by atoms with Crippen molar-refractivity contribution in [2.75, 3.05) is 26.2 Å². The van der Waals surface area contributed by atoms with Gasteiger partial charge in [0.05, 0.1) is 0 Å². The second-order valence-electron chi connectivity index (χ2n) is 5.02. The van der Waals surface area contributed by atoms with E-state index in [0.29, 0.717) is 37.1 Å². The molecule has 2 aromatic rings. The molecule has 2 N–H and O–H groups in total. The van der Waals surface area contributed by atoms with Crippen molar-refractivity contribution in [3.8, 4) is 0 Å². The number of aromatic amines is 1. The molecule has 1 aromatic carbocycles. The fourth-order valence-electron chi connectivity index (χ4n) is 2.84. The predicted molar refractivity (Wildman–Crippen MR) is 71.5 cm³/mol. The lowest BCUT2D eigenvalue weighted by Gasteiger charge is -2.35. The summed E-state index contributed by atoms with van der Waals surface area (Å²) >= 11 is 0. The Morgan fingerprint density at radius 1 is 1.10 bits per heavy atom. The third-order valence-corrected chi connectivity index (χ3v) is 3.74. The Morgan fingerprint density at radius 2 is 1.80 bits per heavy atom. The molecule has 0 radical (unpaired) electrons. The van der Waals surface area contributed by atoms with E-state index in [1.54, 1.807) is 18.2 Å².